The van der Waals surface area contributed by atoms with Crippen molar-refractivity contribution in [2.24, 2.45) is 0 Å². The number of unbranched alkanes of at least 4 members (excludes halogenated alkanes) is 2. The van der Waals surface area contributed by atoms with E-state index in [1.165, 1.54) is 0 Å². The Labute approximate surface area is 82.7 Å². The first-order valence-corrected chi connectivity index (χ1v) is 7.36. The minimum atomic E-state index is -1.41. The molecule has 0 aliphatic heterocycles. The van der Waals surface area contributed by atoms with Crippen molar-refractivity contribution >= 4 is 19.7 Å². The molecule has 6 heteroatoms. The molecule has 0 aromatic rings. The molecule has 0 aliphatic rings. The second kappa shape index (κ2) is 8.80. The predicted octanol–water partition coefficient (Wildman–Crippen LogP) is -0.446. The van der Waals surface area contributed by atoms with Gasteiger partial charge in [0.1, 0.15) is 19.7 Å². The number of rotatable bonds is 8. The summed E-state index contributed by atoms with van der Waals surface area (Å²) in [5.74, 6) is 0.485. The lowest BCUT2D eigenvalue weighted by Crippen LogP contribution is -2.10. The third-order valence-electron chi connectivity index (χ3n) is 1.43. The average Bonchev–Trinajstić information content (AvgIpc) is 2.12. The van der Waals surface area contributed by atoms with Crippen molar-refractivity contribution in [2.75, 3.05) is 24.7 Å². The second-order valence-corrected chi connectivity index (χ2v) is 6.79. The maximum Gasteiger partial charge on any atom is 0.113 e. The van der Waals surface area contributed by atoms with Crippen molar-refractivity contribution in [1.29, 1.82) is 0 Å². The molecule has 2 unspecified atom stereocenters. The van der Waals surface area contributed by atoms with Gasteiger partial charge >= 0.3 is 0 Å². The van der Waals surface area contributed by atoms with Crippen molar-refractivity contribution in [3.05, 3.63) is 0 Å². The third-order valence-corrected chi connectivity index (χ3v) is 5.23. The van der Waals surface area contributed by atoms with Crippen molar-refractivity contribution in [3.63, 3.8) is 0 Å². The number of hydrogen-bond acceptors (Lipinski definition) is 4. The first-order chi connectivity index (χ1) is 6.22. The third kappa shape index (κ3) is 7.30. The van der Waals surface area contributed by atoms with Crippen LogP contribution in [-0.2, 0) is 19.7 Å². The molecule has 13 heavy (non-hydrogen) atoms. The molecule has 80 valence electrons. The van der Waals surface area contributed by atoms with Gasteiger partial charge in [-0.25, -0.2) is 8.42 Å². The van der Waals surface area contributed by atoms with Gasteiger partial charge in [0.2, 0.25) is 0 Å². The Hall–Kier alpha value is 0.220. The van der Waals surface area contributed by atoms with Crippen LogP contribution in [0.15, 0.2) is 0 Å². The molecule has 2 atom stereocenters. The van der Waals surface area contributed by atoms with Crippen LogP contribution in [0.5, 0.6) is 0 Å². The number of aliphatic hydroxyl groups excluding tert-OH is 2. The van der Waals surface area contributed by atoms with E-state index < -0.39 is 19.7 Å². The van der Waals surface area contributed by atoms with E-state index in [1.807, 2.05) is 0 Å². The monoisotopic (exact) mass is 228 g/mol. The Morgan fingerprint density at radius 1 is 0.769 bits per heavy atom. The van der Waals surface area contributed by atoms with E-state index in [-0.39, 0.29) is 19.0 Å². The predicted molar refractivity (Wildman–Crippen MR) is 54.0 cm³/mol. The fourth-order valence-corrected chi connectivity index (χ4v) is 3.42. The summed E-state index contributed by atoms with van der Waals surface area (Å²) in [4.78, 5) is 0. The first kappa shape index (κ1) is 13.2. The summed E-state index contributed by atoms with van der Waals surface area (Å²) in [5, 5.41) is 16.9. The number of hydrogen-bond donors (Lipinski definition) is 2. The Bertz CT molecular complexity index is 172. The van der Waals surface area contributed by atoms with Gasteiger partial charge in [0.25, 0.3) is 0 Å². The lowest BCUT2D eigenvalue weighted by atomic mass is 10.3. The number of aliphatic hydroxyl groups is 2. The molecule has 0 saturated heterocycles. The molecule has 0 radical (unpaired) electrons. The van der Waals surface area contributed by atoms with E-state index in [0.717, 1.165) is 6.42 Å². The van der Waals surface area contributed by atoms with Crippen LogP contribution in [0.3, 0.4) is 0 Å². The van der Waals surface area contributed by atoms with Crippen LogP contribution in [-0.4, -0.2) is 43.4 Å². The highest BCUT2D eigenvalue weighted by Gasteiger charge is 2.07. The zero-order chi connectivity index (χ0) is 10.1. The summed E-state index contributed by atoms with van der Waals surface area (Å²) in [6.45, 7) is -0.0403. The Balaban J connectivity index is 3.44. The summed E-state index contributed by atoms with van der Waals surface area (Å²) >= 11 is 0. The van der Waals surface area contributed by atoms with E-state index >= 15 is 0 Å². The van der Waals surface area contributed by atoms with Crippen LogP contribution in [0.2, 0.25) is 0 Å². The highest BCUT2D eigenvalue weighted by atomic mass is 33.1. The molecular formula is C7H16O4S2. The summed E-state index contributed by atoms with van der Waals surface area (Å²) in [6, 6.07) is 0. The van der Waals surface area contributed by atoms with Gasteiger partial charge in [-0.2, -0.15) is 0 Å². The molecule has 0 heterocycles. The summed E-state index contributed by atoms with van der Waals surface area (Å²) < 4.78 is 22.1. The molecule has 0 bridgehead atoms. The Kier molecular flexibility index (Phi) is 8.95. The van der Waals surface area contributed by atoms with Gasteiger partial charge in [-0.1, -0.05) is 6.42 Å². The lowest BCUT2D eigenvalue weighted by molar-refractivity contribution is 0.284. The molecule has 2 N–H and O–H groups in total. The molecule has 0 spiro atoms. The van der Waals surface area contributed by atoms with Crippen molar-refractivity contribution in [2.45, 2.75) is 19.3 Å². The summed E-state index contributed by atoms with van der Waals surface area (Å²) in [6.07, 6.45) is 2.22. The minimum Gasteiger partial charge on any atom is -0.396 e. The van der Waals surface area contributed by atoms with Crippen LogP contribution >= 0.6 is 0 Å². The van der Waals surface area contributed by atoms with Gasteiger partial charge in [-0.3, -0.25) is 0 Å². The standard InChI is InChI=1S/C7H16O4S2/c8-4-2-1-3-6-12(10)13(11)7-5-9/h8-9H,1-7H2. The first-order valence-electron chi connectivity index (χ1n) is 4.21. The molecule has 4 nitrogen and oxygen atoms in total. The molecular weight excluding hydrogens is 212 g/mol. The summed E-state index contributed by atoms with van der Waals surface area (Å²) in [5.41, 5.74) is 0. The Morgan fingerprint density at radius 2 is 1.38 bits per heavy atom. The van der Waals surface area contributed by atoms with Crippen LogP contribution < -0.4 is 0 Å². The van der Waals surface area contributed by atoms with Crippen molar-refractivity contribution < 1.29 is 18.6 Å². The minimum absolute atomic E-state index is 0.0899. The van der Waals surface area contributed by atoms with Gasteiger partial charge in [0.15, 0.2) is 0 Å². The van der Waals surface area contributed by atoms with Gasteiger partial charge in [-0.15, -0.1) is 0 Å². The van der Waals surface area contributed by atoms with Crippen LogP contribution in [0, 0.1) is 0 Å². The SMILES string of the molecule is O=S(CCO)S(=O)CCCCCO. The van der Waals surface area contributed by atoms with E-state index in [0.29, 0.717) is 18.6 Å². The van der Waals surface area contributed by atoms with Gasteiger partial charge in [-0.05, 0) is 12.8 Å². The molecule has 0 saturated carbocycles. The molecule has 0 amide bonds. The van der Waals surface area contributed by atoms with Crippen molar-refractivity contribution in [3.8, 4) is 0 Å². The zero-order valence-electron chi connectivity index (χ0n) is 7.48. The normalized spacial score (nSPS) is 15.5. The van der Waals surface area contributed by atoms with Crippen LogP contribution in [0.25, 0.3) is 0 Å². The zero-order valence-corrected chi connectivity index (χ0v) is 9.11. The van der Waals surface area contributed by atoms with Gasteiger partial charge in [0, 0.05) is 12.4 Å². The van der Waals surface area contributed by atoms with E-state index in [2.05, 4.69) is 0 Å². The summed E-state index contributed by atoms with van der Waals surface area (Å²) in [7, 11) is -2.75. The van der Waals surface area contributed by atoms with Crippen LogP contribution in [0.1, 0.15) is 19.3 Å². The van der Waals surface area contributed by atoms with Crippen molar-refractivity contribution in [1.82, 2.24) is 0 Å². The van der Waals surface area contributed by atoms with Gasteiger partial charge in [0.05, 0.1) is 12.4 Å². The highest BCUT2D eigenvalue weighted by Crippen LogP contribution is 2.00. The van der Waals surface area contributed by atoms with E-state index in [4.69, 9.17) is 10.2 Å². The molecule has 0 rings (SSSR count). The topological polar surface area (TPSA) is 74.6 Å². The molecule has 0 fully saturated rings. The Morgan fingerprint density at radius 3 is 1.92 bits per heavy atom. The maximum absolute atomic E-state index is 11.1. The second-order valence-electron chi connectivity index (χ2n) is 2.52. The molecule has 0 aromatic carbocycles. The average molecular weight is 228 g/mol. The fraction of sp³-hybridized carbons (Fsp3) is 1.00. The van der Waals surface area contributed by atoms with Crippen LogP contribution in [0.4, 0.5) is 0 Å². The quantitative estimate of drug-likeness (QED) is 0.436. The van der Waals surface area contributed by atoms with E-state index in [1.54, 1.807) is 0 Å². The molecule has 0 aliphatic carbocycles. The highest BCUT2D eigenvalue weighted by molar-refractivity contribution is 8.61. The largest absolute Gasteiger partial charge is 0.396 e. The maximum atomic E-state index is 11.1. The molecule has 0 aromatic heterocycles. The lowest BCUT2D eigenvalue weighted by Gasteiger charge is -1.99. The van der Waals surface area contributed by atoms with Gasteiger partial charge < -0.3 is 10.2 Å². The van der Waals surface area contributed by atoms with E-state index in [9.17, 15) is 8.42 Å². The smallest absolute Gasteiger partial charge is 0.113 e. The fourth-order valence-electron chi connectivity index (χ4n) is 0.769.